The topological polar surface area (TPSA) is 29.5 Å². The molecule has 1 aliphatic heterocycles. The minimum absolute atomic E-state index is 0.436. The van der Waals surface area contributed by atoms with E-state index in [1.54, 1.807) is 0 Å². The first-order chi connectivity index (χ1) is 3.39. The highest BCUT2D eigenvalue weighted by Crippen LogP contribution is 2.07. The maximum absolute atomic E-state index is 8.67. The van der Waals surface area contributed by atoms with Crippen LogP contribution in [0.2, 0.25) is 0 Å². The van der Waals surface area contributed by atoms with Crippen molar-refractivity contribution >= 4 is 0 Å². The minimum Gasteiger partial charge on any atom is -0.390 e. The van der Waals surface area contributed by atoms with Gasteiger partial charge in [-0.25, -0.2) is 0 Å². The van der Waals surface area contributed by atoms with E-state index < -0.39 is 6.10 Å². The predicted octanol–water partition coefficient (Wildman–Crippen LogP) is 0.196. The summed E-state index contributed by atoms with van der Waals surface area (Å²) in [6.45, 7) is 3.16. The average Bonchev–Trinajstić information content (AvgIpc) is 1.69. The highest BCUT2D eigenvalue weighted by molar-refractivity contribution is 4.69. The van der Waals surface area contributed by atoms with E-state index in [1.807, 2.05) is 0 Å². The molecule has 1 unspecified atom stereocenters. The lowest BCUT2D eigenvalue weighted by Crippen LogP contribution is -2.16. The van der Waals surface area contributed by atoms with Crippen LogP contribution in [0, 0.1) is 6.61 Å². The van der Waals surface area contributed by atoms with Crippen LogP contribution in [0.15, 0.2) is 0 Å². The van der Waals surface area contributed by atoms with E-state index in [2.05, 4.69) is 11.3 Å². The van der Waals surface area contributed by atoms with Gasteiger partial charge in [0, 0.05) is 6.61 Å². The smallest absolute Gasteiger partial charge is 0.163 e. The Balaban J connectivity index is 2.12. The molecule has 2 heteroatoms. The summed E-state index contributed by atoms with van der Waals surface area (Å²) in [5, 5.41) is 8.67. The highest BCUT2D eigenvalue weighted by atomic mass is 16.5. The van der Waals surface area contributed by atoms with Gasteiger partial charge in [-0.2, -0.15) is 0 Å². The summed E-state index contributed by atoms with van der Waals surface area (Å²) in [6, 6.07) is 0. The van der Waals surface area contributed by atoms with E-state index in [1.165, 1.54) is 0 Å². The molecule has 0 aromatic heterocycles. The second-order valence-corrected chi connectivity index (χ2v) is 1.62. The first-order valence-corrected chi connectivity index (χ1v) is 2.45. The number of hydrogen-bond acceptors (Lipinski definition) is 2. The van der Waals surface area contributed by atoms with Crippen molar-refractivity contribution in [3.63, 3.8) is 0 Å². The van der Waals surface area contributed by atoms with Crippen molar-refractivity contribution in [2.75, 3.05) is 6.61 Å². The molecule has 2 radical (unpaired) electrons. The van der Waals surface area contributed by atoms with E-state index in [0.717, 1.165) is 19.4 Å². The molecule has 1 heterocycles. The molecule has 0 aromatic rings. The van der Waals surface area contributed by atoms with E-state index in [9.17, 15) is 0 Å². The Hall–Kier alpha value is -0.0800. The monoisotopic (exact) mass is 100 g/mol. The van der Waals surface area contributed by atoms with Crippen LogP contribution < -0.4 is 0 Å². The second-order valence-electron chi connectivity index (χ2n) is 1.62. The van der Waals surface area contributed by atoms with E-state index in [-0.39, 0.29) is 0 Å². The van der Waals surface area contributed by atoms with Crippen molar-refractivity contribution in [3.05, 3.63) is 6.61 Å². The summed E-state index contributed by atoms with van der Waals surface area (Å²) in [7, 11) is 0. The largest absolute Gasteiger partial charge is 0.390 e. The van der Waals surface area contributed by atoms with Crippen LogP contribution in [-0.4, -0.2) is 17.8 Å². The number of rotatable bonds is 0. The molecule has 0 amide bonds. The average molecular weight is 100 g/mol. The van der Waals surface area contributed by atoms with Crippen molar-refractivity contribution in [2.45, 2.75) is 18.9 Å². The number of hydrogen-bond donors (Lipinski definition) is 1. The molecule has 1 aliphatic rings. The van der Waals surface area contributed by atoms with Crippen molar-refractivity contribution in [3.8, 4) is 0 Å². The fraction of sp³-hybridized carbons (Fsp3) is 0.800. The Labute approximate surface area is 43.1 Å². The summed E-state index contributed by atoms with van der Waals surface area (Å²) in [6.07, 6.45) is 1.32. The number of ether oxygens (including phenoxy) is 1. The molecule has 0 bridgehead atoms. The third kappa shape index (κ3) is 1.45. The lowest BCUT2D eigenvalue weighted by Gasteiger charge is -2.13. The van der Waals surface area contributed by atoms with Gasteiger partial charge >= 0.3 is 0 Å². The predicted molar refractivity (Wildman–Crippen MR) is 24.4 cm³/mol. The molecule has 7 heavy (non-hydrogen) atoms. The van der Waals surface area contributed by atoms with Crippen LogP contribution in [0.5, 0.6) is 0 Å². The third-order valence-corrected chi connectivity index (χ3v) is 0.943. The Kier molecular flexibility index (Phi) is 1.65. The molecule has 0 saturated carbocycles. The van der Waals surface area contributed by atoms with Gasteiger partial charge < -0.3 is 9.84 Å². The first kappa shape index (κ1) is 5.06. The zero-order valence-electron chi connectivity index (χ0n) is 4.05. The molecule has 2 nitrogen and oxygen atoms in total. The molecule has 1 saturated heterocycles. The van der Waals surface area contributed by atoms with Gasteiger partial charge in [0.05, 0.1) is 6.10 Å². The Morgan fingerprint density at radius 1 is 1.71 bits per heavy atom. The molecular weight excluding hydrogens is 92.1 g/mol. The highest BCUT2D eigenvalue weighted by Gasteiger charge is 2.10. The maximum Gasteiger partial charge on any atom is 0.163 e. The molecule has 40 valence electrons. The van der Waals surface area contributed by atoms with E-state index in [0.29, 0.717) is 0 Å². The standard InChI is InChI=1S/C5H8O2/c6-5-2-1-3-7-4-5/h5-6H,1-3H2. The molecule has 1 rings (SSSR count). The quantitative estimate of drug-likeness (QED) is 0.471. The normalized spacial score (nSPS) is 33.0. The summed E-state index contributed by atoms with van der Waals surface area (Å²) < 4.78 is 4.68. The van der Waals surface area contributed by atoms with Gasteiger partial charge in [0.25, 0.3) is 0 Å². The van der Waals surface area contributed by atoms with Gasteiger partial charge in [0.15, 0.2) is 6.61 Å². The van der Waals surface area contributed by atoms with Gasteiger partial charge in [0.1, 0.15) is 0 Å². The van der Waals surface area contributed by atoms with Crippen molar-refractivity contribution in [1.29, 1.82) is 0 Å². The Morgan fingerprint density at radius 2 is 2.57 bits per heavy atom. The van der Waals surface area contributed by atoms with Crippen LogP contribution in [0.25, 0.3) is 0 Å². The minimum atomic E-state index is -0.436. The zero-order valence-corrected chi connectivity index (χ0v) is 4.05. The molecule has 0 aromatic carbocycles. The first-order valence-electron chi connectivity index (χ1n) is 2.45. The molecule has 1 fully saturated rings. The Bertz CT molecular complexity index is 48.0. The number of aliphatic hydroxyl groups is 1. The van der Waals surface area contributed by atoms with Crippen LogP contribution in [-0.2, 0) is 4.74 Å². The fourth-order valence-electron chi connectivity index (χ4n) is 0.563. The van der Waals surface area contributed by atoms with Crippen LogP contribution in [0.1, 0.15) is 12.8 Å². The van der Waals surface area contributed by atoms with E-state index in [4.69, 9.17) is 5.11 Å². The maximum atomic E-state index is 8.67. The van der Waals surface area contributed by atoms with Gasteiger partial charge in [-0.05, 0) is 12.8 Å². The summed E-state index contributed by atoms with van der Waals surface area (Å²) >= 11 is 0. The summed E-state index contributed by atoms with van der Waals surface area (Å²) in [4.78, 5) is 0. The van der Waals surface area contributed by atoms with Crippen LogP contribution >= 0.6 is 0 Å². The van der Waals surface area contributed by atoms with Crippen molar-refractivity contribution < 1.29 is 9.84 Å². The Morgan fingerprint density at radius 3 is 2.86 bits per heavy atom. The lowest BCUT2D eigenvalue weighted by molar-refractivity contribution is 0.0458. The third-order valence-electron chi connectivity index (χ3n) is 0.943. The fourth-order valence-corrected chi connectivity index (χ4v) is 0.563. The molecule has 1 atom stereocenters. The zero-order chi connectivity index (χ0) is 5.11. The lowest BCUT2D eigenvalue weighted by atomic mass is 10.2. The summed E-state index contributed by atoms with van der Waals surface area (Å²) in [5.41, 5.74) is 0. The van der Waals surface area contributed by atoms with Gasteiger partial charge in [-0.3, -0.25) is 0 Å². The second kappa shape index (κ2) is 2.28. The van der Waals surface area contributed by atoms with Crippen LogP contribution in [0.3, 0.4) is 0 Å². The van der Waals surface area contributed by atoms with E-state index >= 15 is 0 Å². The molecule has 0 spiro atoms. The summed E-state index contributed by atoms with van der Waals surface area (Å²) in [5.74, 6) is 0. The van der Waals surface area contributed by atoms with Gasteiger partial charge in [-0.1, -0.05) is 0 Å². The van der Waals surface area contributed by atoms with Gasteiger partial charge in [0.2, 0.25) is 0 Å². The molecule has 1 N–H and O–H groups in total. The molecule has 0 aliphatic carbocycles. The number of aliphatic hydroxyl groups excluding tert-OH is 1. The molecular formula is C5H8O2. The van der Waals surface area contributed by atoms with Crippen molar-refractivity contribution in [2.24, 2.45) is 0 Å². The SMILES string of the molecule is OC1[C]OCCC1. The van der Waals surface area contributed by atoms with Crippen molar-refractivity contribution in [1.82, 2.24) is 0 Å². The van der Waals surface area contributed by atoms with Gasteiger partial charge in [-0.15, -0.1) is 0 Å². The van der Waals surface area contributed by atoms with Crippen LogP contribution in [0.4, 0.5) is 0 Å².